The van der Waals surface area contributed by atoms with Crippen LogP contribution in [-0.4, -0.2) is 18.3 Å². The van der Waals surface area contributed by atoms with Crippen LogP contribution in [-0.2, 0) is 14.3 Å². The highest BCUT2D eigenvalue weighted by molar-refractivity contribution is 6.64. The second-order valence-corrected chi connectivity index (χ2v) is 2.78. The van der Waals surface area contributed by atoms with Gasteiger partial charge in [-0.1, -0.05) is 13.8 Å². The zero-order valence-corrected chi connectivity index (χ0v) is 7.51. The average molecular weight is 179 g/mol. The molecule has 0 aliphatic rings. The van der Waals surface area contributed by atoms with Crippen molar-refractivity contribution in [1.29, 1.82) is 0 Å². The molecule has 0 aromatic carbocycles. The summed E-state index contributed by atoms with van der Waals surface area (Å²) in [5.74, 6) is -1.36. The monoisotopic (exact) mass is 178 g/mol. The molecule has 64 valence electrons. The molecule has 11 heavy (non-hydrogen) atoms. The molecule has 0 amide bonds. The predicted molar refractivity (Wildman–Crippen MR) is 41.2 cm³/mol. The molecule has 0 saturated carbocycles. The average Bonchev–Trinajstić information content (AvgIpc) is 2.00. The molecule has 0 aliphatic heterocycles. The fourth-order valence-electron chi connectivity index (χ4n) is 0.587. The second-order valence-electron chi connectivity index (χ2n) is 2.40. The van der Waals surface area contributed by atoms with Crippen molar-refractivity contribution in [3.05, 3.63) is 0 Å². The van der Waals surface area contributed by atoms with E-state index in [9.17, 15) is 9.59 Å². The SMILES string of the molecule is COC(=O)[C@@H](C)[C@@H](C)C(=O)Cl. The Labute approximate surface area is 70.7 Å². The molecule has 0 N–H and O–H groups in total. The molecular formula is C7H11ClO3. The maximum Gasteiger partial charge on any atom is 0.309 e. The molecule has 2 atom stereocenters. The summed E-state index contributed by atoms with van der Waals surface area (Å²) in [6.07, 6.45) is 0. The van der Waals surface area contributed by atoms with Gasteiger partial charge in [0.05, 0.1) is 13.0 Å². The molecule has 0 aromatic rings. The first kappa shape index (κ1) is 10.4. The van der Waals surface area contributed by atoms with E-state index >= 15 is 0 Å². The van der Waals surface area contributed by atoms with Gasteiger partial charge in [-0.15, -0.1) is 0 Å². The quantitative estimate of drug-likeness (QED) is 0.482. The van der Waals surface area contributed by atoms with Crippen LogP contribution < -0.4 is 0 Å². The number of hydrogen-bond donors (Lipinski definition) is 0. The van der Waals surface area contributed by atoms with E-state index in [2.05, 4.69) is 4.74 Å². The fraction of sp³-hybridized carbons (Fsp3) is 0.714. The zero-order valence-electron chi connectivity index (χ0n) is 6.76. The second kappa shape index (κ2) is 4.34. The first-order chi connectivity index (χ1) is 5.00. The van der Waals surface area contributed by atoms with Gasteiger partial charge in [0.15, 0.2) is 0 Å². The molecule has 3 nitrogen and oxygen atoms in total. The van der Waals surface area contributed by atoms with Crippen molar-refractivity contribution in [3.8, 4) is 0 Å². The minimum absolute atomic E-state index is 0.411. The van der Waals surface area contributed by atoms with Crippen molar-refractivity contribution in [1.82, 2.24) is 0 Å². The molecule has 0 unspecified atom stereocenters. The standard InChI is InChI=1S/C7H11ClO3/c1-4(6(8)9)5(2)7(10)11-3/h4-5H,1-3H3/t4-,5+/m1/s1. The molecule has 0 fully saturated rings. The van der Waals surface area contributed by atoms with Crippen LogP contribution in [0.1, 0.15) is 13.8 Å². The molecule has 0 rings (SSSR count). The summed E-state index contributed by atoms with van der Waals surface area (Å²) in [6.45, 7) is 3.20. The van der Waals surface area contributed by atoms with E-state index in [0.717, 1.165) is 0 Å². The first-order valence-electron chi connectivity index (χ1n) is 3.27. The number of rotatable bonds is 3. The Morgan fingerprint density at radius 1 is 1.27 bits per heavy atom. The van der Waals surface area contributed by atoms with Crippen LogP contribution in [0.2, 0.25) is 0 Å². The molecule has 0 aliphatic carbocycles. The number of methoxy groups -OCH3 is 1. The van der Waals surface area contributed by atoms with Gasteiger partial charge in [0, 0.05) is 5.92 Å². The Morgan fingerprint density at radius 2 is 1.73 bits per heavy atom. The smallest absolute Gasteiger partial charge is 0.309 e. The summed E-state index contributed by atoms with van der Waals surface area (Å²) >= 11 is 5.18. The Hall–Kier alpha value is -0.570. The third-order valence-corrected chi connectivity index (χ3v) is 2.03. The molecule has 0 aromatic heterocycles. The third-order valence-electron chi connectivity index (χ3n) is 1.68. The molecule has 0 spiro atoms. The van der Waals surface area contributed by atoms with Crippen molar-refractivity contribution in [2.45, 2.75) is 13.8 Å². The van der Waals surface area contributed by atoms with Crippen LogP contribution in [0.3, 0.4) is 0 Å². The third kappa shape index (κ3) is 2.89. The molecule has 4 heteroatoms. The van der Waals surface area contributed by atoms with Crippen molar-refractivity contribution in [2.75, 3.05) is 7.11 Å². The summed E-state index contributed by atoms with van der Waals surface area (Å²) in [5, 5.41) is -0.511. The minimum Gasteiger partial charge on any atom is -0.469 e. The normalized spacial score (nSPS) is 15.3. The Balaban J connectivity index is 4.12. The van der Waals surface area contributed by atoms with Crippen LogP contribution >= 0.6 is 11.6 Å². The lowest BCUT2D eigenvalue weighted by Crippen LogP contribution is -2.23. The number of hydrogen-bond acceptors (Lipinski definition) is 3. The van der Waals surface area contributed by atoms with E-state index < -0.39 is 23.0 Å². The maximum atomic E-state index is 10.8. The molecule has 0 heterocycles. The van der Waals surface area contributed by atoms with Crippen molar-refractivity contribution >= 4 is 22.8 Å². The van der Waals surface area contributed by atoms with Crippen LogP contribution in [0, 0.1) is 11.8 Å². The first-order valence-corrected chi connectivity index (χ1v) is 3.65. The lowest BCUT2D eigenvalue weighted by Gasteiger charge is -2.12. The summed E-state index contributed by atoms with van der Waals surface area (Å²) in [4.78, 5) is 21.4. The van der Waals surface area contributed by atoms with Gasteiger partial charge in [-0.2, -0.15) is 0 Å². The van der Waals surface area contributed by atoms with Gasteiger partial charge in [-0.05, 0) is 11.6 Å². The molecule has 0 radical (unpaired) electrons. The van der Waals surface area contributed by atoms with E-state index in [4.69, 9.17) is 11.6 Å². The Bertz CT molecular complexity index is 167. The van der Waals surface area contributed by atoms with Crippen LogP contribution in [0.5, 0.6) is 0 Å². The lowest BCUT2D eigenvalue weighted by molar-refractivity contribution is -0.147. The number of esters is 1. The highest BCUT2D eigenvalue weighted by Crippen LogP contribution is 2.14. The van der Waals surface area contributed by atoms with Crippen molar-refractivity contribution < 1.29 is 14.3 Å². The fourth-order valence-corrected chi connectivity index (χ4v) is 0.776. The van der Waals surface area contributed by atoms with Gasteiger partial charge in [0.1, 0.15) is 0 Å². The van der Waals surface area contributed by atoms with Crippen LogP contribution in [0.25, 0.3) is 0 Å². The van der Waals surface area contributed by atoms with Gasteiger partial charge in [0.25, 0.3) is 0 Å². The Kier molecular flexibility index (Phi) is 4.11. The summed E-state index contributed by atoms with van der Waals surface area (Å²) in [5.41, 5.74) is 0. The molecule has 0 saturated heterocycles. The molecular weight excluding hydrogens is 168 g/mol. The number of carbonyl (C=O) groups excluding carboxylic acids is 2. The van der Waals surface area contributed by atoms with Gasteiger partial charge >= 0.3 is 5.97 Å². The van der Waals surface area contributed by atoms with E-state index in [1.54, 1.807) is 13.8 Å². The molecule has 0 bridgehead atoms. The van der Waals surface area contributed by atoms with Gasteiger partial charge in [-0.25, -0.2) is 0 Å². The summed E-state index contributed by atoms with van der Waals surface area (Å²) in [6, 6.07) is 0. The van der Waals surface area contributed by atoms with E-state index in [1.807, 2.05) is 0 Å². The van der Waals surface area contributed by atoms with Crippen LogP contribution in [0.15, 0.2) is 0 Å². The zero-order chi connectivity index (χ0) is 9.02. The number of carbonyl (C=O) groups is 2. The van der Waals surface area contributed by atoms with Crippen molar-refractivity contribution in [3.63, 3.8) is 0 Å². The van der Waals surface area contributed by atoms with E-state index in [-0.39, 0.29) is 0 Å². The van der Waals surface area contributed by atoms with Crippen LogP contribution in [0.4, 0.5) is 0 Å². The summed E-state index contributed by atoms with van der Waals surface area (Å²) in [7, 11) is 1.28. The van der Waals surface area contributed by atoms with Crippen molar-refractivity contribution in [2.24, 2.45) is 11.8 Å². The number of halogens is 1. The highest BCUT2D eigenvalue weighted by atomic mass is 35.5. The lowest BCUT2D eigenvalue weighted by atomic mass is 9.98. The van der Waals surface area contributed by atoms with Gasteiger partial charge in [0.2, 0.25) is 5.24 Å². The van der Waals surface area contributed by atoms with E-state index in [1.165, 1.54) is 7.11 Å². The minimum atomic E-state index is -0.511. The summed E-state index contributed by atoms with van der Waals surface area (Å²) < 4.78 is 4.43. The highest BCUT2D eigenvalue weighted by Gasteiger charge is 2.25. The Morgan fingerprint density at radius 3 is 2.00 bits per heavy atom. The van der Waals surface area contributed by atoms with Gasteiger partial charge in [-0.3, -0.25) is 9.59 Å². The van der Waals surface area contributed by atoms with E-state index in [0.29, 0.717) is 0 Å². The predicted octanol–water partition coefficient (Wildman–Crippen LogP) is 1.20. The topological polar surface area (TPSA) is 43.4 Å². The van der Waals surface area contributed by atoms with Gasteiger partial charge < -0.3 is 4.74 Å². The largest absolute Gasteiger partial charge is 0.469 e. The number of ether oxygens (including phenoxy) is 1. The maximum absolute atomic E-state index is 10.8.